The number of aliphatic hydroxyl groups excluding tert-OH is 1. The van der Waals surface area contributed by atoms with Crippen LogP contribution >= 0.6 is 0 Å². The maximum absolute atomic E-state index is 11.6. The zero-order chi connectivity index (χ0) is 12.7. The number of amides is 1. The molecule has 1 rings (SSSR count). The van der Waals surface area contributed by atoms with Gasteiger partial charge in [0.15, 0.2) is 5.69 Å². The first-order valence-electron chi connectivity index (χ1n) is 5.24. The second kappa shape index (κ2) is 6.87. The molecule has 0 saturated heterocycles. The number of nitrogens with one attached hydrogen (secondary N) is 1. The van der Waals surface area contributed by atoms with Gasteiger partial charge >= 0.3 is 0 Å². The molecule has 0 aliphatic rings. The van der Waals surface area contributed by atoms with Crippen LogP contribution in [0.5, 0.6) is 5.88 Å². The molecule has 0 aromatic carbocycles. The quantitative estimate of drug-likeness (QED) is 0.610. The van der Waals surface area contributed by atoms with E-state index < -0.39 is 0 Å². The van der Waals surface area contributed by atoms with Crippen LogP contribution in [0.15, 0.2) is 6.07 Å². The minimum atomic E-state index is -0.281. The molecule has 0 unspecified atom stereocenters. The number of aryl methyl sites for hydroxylation is 1. The third-order valence-corrected chi connectivity index (χ3v) is 2.05. The third kappa shape index (κ3) is 4.04. The van der Waals surface area contributed by atoms with Gasteiger partial charge in [-0.3, -0.25) is 4.79 Å². The van der Waals surface area contributed by atoms with E-state index in [4.69, 9.17) is 14.6 Å². The van der Waals surface area contributed by atoms with Crippen molar-refractivity contribution in [3.8, 4) is 5.88 Å². The Morgan fingerprint density at radius 1 is 1.59 bits per heavy atom. The number of carbonyl (C=O) groups is 1. The fourth-order valence-corrected chi connectivity index (χ4v) is 1.25. The summed E-state index contributed by atoms with van der Waals surface area (Å²) in [6.07, 6.45) is 0. The molecular weight excluding hydrogens is 226 g/mol. The van der Waals surface area contributed by atoms with Gasteiger partial charge in [-0.25, -0.2) is 4.68 Å². The summed E-state index contributed by atoms with van der Waals surface area (Å²) in [6, 6.07) is 1.56. The van der Waals surface area contributed by atoms with Gasteiger partial charge < -0.3 is 19.9 Å². The number of ether oxygens (including phenoxy) is 2. The third-order valence-electron chi connectivity index (χ3n) is 2.05. The Bertz CT molecular complexity index is 364. The maximum atomic E-state index is 11.6. The van der Waals surface area contributed by atoms with Crippen LogP contribution < -0.4 is 10.1 Å². The summed E-state index contributed by atoms with van der Waals surface area (Å²) in [5, 5.41) is 15.1. The topological polar surface area (TPSA) is 85.6 Å². The summed E-state index contributed by atoms with van der Waals surface area (Å²) in [4.78, 5) is 11.6. The molecular formula is C10H17N3O4. The minimum absolute atomic E-state index is 0.0224. The van der Waals surface area contributed by atoms with Gasteiger partial charge in [-0.2, -0.15) is 5.10 Å². The van der Waals surface area contributed by atoms with Gasteiger partial charge in [-0.05, 0) is 0 Å². The van der Waals surface area contributed by atoms with Crippen LogP contribution in [0, 0.1) is 0 Å². The van der Waals surface area contributed by atoms with Gasteiger partial charge in [0.2, 0.25) is 5.88 Å². The number of nitrogens with zero attached hydrogens (tertiary/aromatic N) is 2. The SMILES string of the molecule is COc1cc(C(=O)NCCOCCO)nn1C. The number of aliphatic hydroxyl groups is 1. The van der Waals surface area contributed by atoms with E-state index in [1.54, 1.807) is 13.1 Å². The lowest BCUT2D eigenvalue weighted by Crippen LogP contribution is -2.28. The van der Waals surface area contributed by atoms with Crippen molar-refractivity contribution in [2.75, 3.05) is 33.5 Å². The first-order chi connectivity index (χ1) is 8.19. The van der Waals surface area contributed by atoms with Crippen molar-refractivity contribution in [3.63, 3.8) is 0 Å². The molecule has 1 amide bonds. The first kappa shape index (κ1) is 13.5. The van der Waals surface area contributed by atoms with Gasteiger partial charge in [0, 0.05) is 19.7 Å². The Kier molecular flexibility index (Phi) is 5.44. The highest BCUT2D eigenvalue weighted by Gasteiger charge is 2.12. The summed E-state index contributed by atoms with van der Waals surface area (Å²) >= 11 is 0. The van der Waals surface area contributed by atoms with Gasteiger partial charge in [0.25, 0.3) is 5.91 Å². The van der Waals surface area contributed by atoms with Crippen LogP contribution in [-0.2, 0) is 11.8 Å². The Morgan fingerprint density at radius 2 is 2.35 bits per heavy atom. The second-order valence-corrected chi connectivity index (χ2v) is 3.29. The lowest BCUT2D eigenvalue weighted by molar-refractivity contribution is 0.0834. The highest BCUT2D eigenvalue weighted by atomic mass is 16.5. The second-order valence-electron chi connectivity index (χ2n) is 3.29. The number of rotatable bonds is 7. The van der Waals surface area contributed by atoms with Crippen molar-refractivity contribution in [1.29, 1.82) is 0 Å². The average molecular weight is 243 g/mol. The summed E-state index contributed by atoms with van der Waals surface area (Å²) in [6.45, 7) is 0.979. The van der Waals surface area contributed by atoms with E-state index >= 15 is 0 Å². The van der Waals surface area contributed by atoms with Crippen molar-refractivity contribution in [3.05, 3.63) is 11.8 Å². The molecule has 17 heavy (non-hydrogen) atoms. The molecule has 1 aromatic heterocycles. The van der Waals surface area contributed by atoms with Crippen LogP contribution in [0.3, 0.4) is 0 Å². The number of hydrogen-bond donors (Lipinski definition) is 2. The summed E-state index contributed by atoms with van der Waals surface area (Å²) in [7, 11) is 3.21. The molecule has 96 valence electrons. The summed E-state index contributed by atoms with van der Waals surface area (Å²) in [5.74, 6) is 0.239. The van der Waals surface area contributed by atoms with Crippen LogP contribution in [-0.4, -0.2) is 54.3 Å². The van der Waals surface area contributed by atoms with Crippen molar-refractivity contribution in [1.82, 2.24) is 15.1 Å². The number of carbonyl (C=O) groups excluding carboxylic acids is 1. The zero-order valence-electron chi connectivity index (χ0n) is 9.97. The highest BCUT2D eigenvalue weighted by Crippen LogP contribution is 2.10. The summed E-state index contributed by atoms with van der Waals surface area (Å²) in [5.41, 5.74) is 0.298. The Balaban J connectivity index is 2.36. The highest BCUT2D eigenvalue weighted by molar-refractivity contribution is 5.92. The molecule has 2 N–H and O–H groups in total. The molecule has 1 heterocycles. The Morgan fingerprint density at radius 3 is 2.94 bits per heavy atom. The van der Waals surface area contributed by atoms with E-state index in [1.807, 2.05) is 0 Å². The number of methoxy groups -OCH3 is 1. The smallest absolute Gasteiger partial charge is 0.272 e. The number of hydrogen-bond acceptors (Lipinski definition) is 5. The number of aromatic nitrogens is 2. The molecule has 0 saturated carbocycles. The van der Waals surface area contributed by atoms with Crippen LogP contribution in [0.4, 0.5) is 0 Å². The van der Waals surface area contributed by atoms with Gasteiger partial charge in [0.1, 0.15) is 0 Å². The zero-order valence-corrected chi connectivity index (χ0v) is 9.97. The molecule has 0 aliphatic heterocycles. The predicted molar refractivity (Wildman–Crippen MR) is 60.0 cm³/mol. The van der Waals surface area contributed by atoms with Crippen molar-refractivity contribution >= 4 is 5.91 Å². The molecule has 0 spiro atoms. The normalized spacial score (nSPS) is 10.3. The fourth-order valence-electron chi connectivity index (χ4n) is 1.25. The molecule has 0 atom stereocenters. The van der Waals surface area contributed by atoms with E-state index in [1.165, 1.54) is 11.8 Å². The van der Waals surface area contributed by atoms with E-state index in [0.29, 0.717) is 24.7 Å². The fraction of sp³-hybridized carbons (Fsp3) is 0.600. The van der Waals surface area contributed by atoms with E-state index in [9.17, 15) is 4.79 Å². The Labute approximate surface area is 99.3 Å². The molecule has 0 radical (unpaired) electrons. The van der Waals surface area contributed by atoms with Crippen LogP contribution in [0.25, 0.3) is 0 Å². The van der Waals surface area contributed by atoms with E-state index in [2.05, 4.69) is 10.4 Å². The van der Waals surface area contributed by atoms with Crippen LogP contribution in [0.2, 0.25) is 0 Å². The largest absolute Gasteiger partial charge is 0.481 e. The van der Waals surface area contributed by atoms with Crippen molar-refractivity contribution in [2.45, 2.75) is 0 Å². The maximum Gasteiger partial charge on any atom is 0.272 e. The van der Waals surface area contributed by atoms with Crippen molar-refractivity contribution < 1.29 is 19.4 Å². The van der Waals surface area contributed by atoms with Crippen LogP contribution in [0.1, 0.15) is 10.5 Å². The predicted octanol–water partition coefficient (Wildman–Crippen LogP) is -0.833. The minimum Gasteiger partial charge on any atom is -0.481 e. The lowest BCUT2D eigenvalue weighted by atomic mass is 10.4. The van der Waals surface area contributed by atoms with E-state index in [-0.39, 0.29) is 19.1 Å². The lowest BCUT2D eigenvalue weighted by Gasteiger charge is -2.03. The summed E-state index contributed by atoms with van der Waals surface area (Å²) < 4.78 is 11.5. The van der Waals surface area contributed by atoms with Gasteiger partial charge in [0.05, 0.1) is 26.9 Å². The molecule has 7 heteroatoms. The molecule has 1 aromatic rings. The van der Waals surface area contributed by atoms with Crippen molar-refractivity contribution in [2.24, 2.45) is 7.05 Å². The molecule has 0 fully saturated rings. The molecule has 0 aliphatic carbocycles. The van der Waals surface area contributed by atoms with Gasteiger partial charge in [-0.1, -0.05) is 0 Å². The van der Waals surface area contributed by atoms with Gasteiger partial charge in [-0.15, -0.1) is 0 Å². The monoisotopic (exact) mass is 243 g/mol. The average Bonchev–Trinajstić information content (AvgIpc) is 2.70. The van der Waals surface area contributed by atoms with E-state index in [0.717, 1.165) is 0 Å². The molecule has 0 bridgehead atoms. The first-order valence-corrected chi connectivity index (χ1v) is 5.24. The Hall–Kier alpha value is -1.60. The standard InChI is InChI=1S/C10H17N3O4/c1-13-9(16-2)7-8(12-13)10(15)11-3-5-17-6-4-14/h7,14H,3-6H2,1-2H3,(H,11,15). The molecule has 7 nitrogen and oxygen atoms in total.